The van der Waals surface area contributed by atoms with Crippen molar-refractivity contribution in [3.8, 4) is 0 Å². The average Bonchev–Trinajstić information content (AvgIpc) is 2.97. The monoisotopic (exact) mass is 307 g/mol. The summed E-state index contributed by atoms with van der Waals surface area (Å²) >= 11 is 6.22. The maximum absolute atomic E-state index is 12.9. The Bertz CT molecular complexity index is 534. The fraction of sp³-hybridized carbons (Fsp3) is 0.625. The molecular formula is C16H22ClN3O. The van der Waals surface area contributed by atoms with Crippen LogP contribution in [0.1, 0.15) is 49.4 Å². The summed E-state index contributed by atoms with van der Waals surface area (Å²) in [5.41, 5.74) is 0.579. The molecule has 1 aromatic rings. The molecule has 0 bridgehead atoms. The van der Waals surface area contributed by atoms with Gasteiger partial charge in [-0.3, -0.25) is 4.79 Å². The Morgan fingerprint density at radius 1 is 1.43 bits per heavy atom. The highest BCUT2D eigenvalue weighted by molar-refractivity contribution is 6.33. The number of piperidine rings is 1. The second kappa shape index (κ2) is 6.22. The van der Waals surface area contributed by atoms with Crippen molar-refractivity contribution in [2.75, 3.05) is 18.4 Å². The maximum atomic E-state index is 12.9. The molecule has 2 unspecified atom stereocenters. The van der Waals surface area contributed by atoms with E-state index in [0.29, 0.717) is 28.4 Å². The standard InChI is InChI=1S/C16H22ClN3O/c1-2-18-15-9-12(13(17)10-19-15)16(21)20-8-4-6-11-5-3-7-14(11)20/h9-11,14H,2-8H2,1H3,(H,18,19). The Morgan fingerprint density at radius 3 is 3.05 bits per heavy atom. The molecule has 2 atom stereocenters. The molecule has 2 aliphatic rings. The summed E-state index contributed by atoms with van der Waals surface area (Å²) in [6, 6.07) is 2.20. The van der Waals surface area contributed by atoms with Gasteiger partial charge in [-0.15, -0.1) is 0 Å². The van der Waals surface area contributed by atoms with Crippen molar-refractivity contribution in [2.45, 2.75) is 45.1 Å². The van der Waals surface area contributed by atoms with Crippen LogP contribution in [0.4, 0.5) is 5.82 Å². The number of hydrogen-bond acceptors (Lipinski definition) is 3. The number of amides is 1. The maximum Gasteiger partial charge on any atom is 0.255 e. The number of aromatic nitrogens is 1. The van der Waals surface area contributed by atoms with E-state index in [1.54, 1.807) is 12.3 Å². The van der Waals surface area contributed by atoms with Crippen LogP contribution in [0, 0.1) is 5.92 Å². The van der Waals surface area contributed by atoms with Crippen molar-refractivity contribution in [3.63, 3.8) is 0 Å². The van der Waals surface area contributed by atoms with Gasteiger partial charge in [-0.25, -0.2) is 4.98 Å². The minimum Gasteiger partial charge on any atom is -0.370 e. The molecule has 1 saturated heterocycles. The molecule has 1 aromatic heterocycles. The van der Waals surface area contributed by atoms with Gasteiger partial charge in [0.25, 0.3) is 5.91 Å². The number of nitrogens with zero attached hydrogens (tertiary/aromatic N) is 2. The lowest BCUT2D eigenvalue weighted by molar-refractivity contribution is 0.0548. The largest absolute Gasteiger partial charge is 0.370 e. The van der Waals surface area contributed by atoms with Gasteiger partial charge in [0, 0.05) is 25.3 Å². The highest BCUT2D eigenvalue weighted by atomic mass is 35.5. The summed E-state index contributed by atoms with van der Waals surface area (Å²) in [6.45, 7) is 3.64. The highest BCUT2D eigenvalue weighted by Gasteiger charge is 2.38. The number of nitrogens with one attached hydrogen (secondary N) is 1. The molecule has 2 heterocycles. The summed E-state index contributed by atoms with van der Waals surface area (Å²) < 4.78 is 0. The zero-order valence-electron chi connectivity index (χ0n) is 12.4. The van der Waals surface area contributed by atoms with Crippen LogP contribution >= 0.6 is 11.6 Å². The van der Waals surface area contributed by atoms with E-state index >= 15 is 0 Å². The number of fused-ring (bicyclic) bond motifs is 1. The third-order valence-corrected chi connectivity index (χ3v) is 5.00. The van der Waals surface area contributed by atoms with Crippen molar-refractivity contribution >= 4 is 23.3 Å². The van der Waals surface area contributed by atoms with Crippen LogP contribution in [0.3, 0.4) is 0 Å². The second-order valence-electron chi connectivity index (χ2n) is 5.98. The van der Waals surface area contributed by atoms with Crippen molar-refractivity contribution in [1.29, 1.82) is 0 Å². The Hall–Kier alpha value is -1.29. The van der Waals surface area contributed by atoms with Crippen LogP contribution in [0.5, 0.6) is 0 Å². The first kappa shape index (κ1) is 14.6. The van der Waals surface area contributed by atoms with Crippen LogP contribution in [-0.4, -0.2) is 34.9 Å². The van der Waals surface area contributed by atoms with E-state index in [9.17, 15) is 4.79 Å². The number of hydrogen-bond donors (Lipinski definition) is 1. The molecule has 4 nitrogen and oxygen atoms in total. The van der Waals surface area contributed by atoms with Crippen molar-refractivity contribution in [2.24, 2.45) is 5.92 Å². The molecule has 5 heteroatoms. The van der Waals surface area contributed by atoms with Gasteiger partial charge in [-0.2, -0.15) is 0 Å². The normalized spacial score (nSPS) is 24.8. The Kier molecular flexibility index (Phi) is 4.34. The number of pyridine rings is 1. The lowest BCUT2D eigenvalue weighted by atomic mass is 9.91. The molecule has 2 fully saturated rings. The van der Waals surface area contributed by atoms with Gasteiger partial charge in [0.2, 0.25) is 0 Å². The van der Waals surface area contributed by atoms with E-state index in [4.69, 9.17) is 11.6 Å². The average molecular weight is 308 g/mol. The SMILES string of the molecule is CCNc1cc(C(=O)N2CCCC3CCCC32)c(Cl)cn1. The highest BCUT2D eigenvalue weighted by Crippen LogP contribution is 2.37. The van der Waals surface area contributed by atoms with Gasteiger partial charge in [-0.1, -0.05) is 18.0 Å². The van der Waals surface area contributed by atoms with E-state index in [2.05, 4.69) is 15.2 Å². The van der Waals surface area contributed by atoms with Crippen LogP contribution in [-0.2, 0) is 0 Å². The Balaban J connectivity index is 1.85. The van der Waals surface area contributed by atoms with Crippen molar-refractivity contribution in [1.82, 2.24) is 9.88 Å². The smallest absolute Gasteiger partial charge is 0.255 e. The first-order chi connectivity index (χ1) is 10.2. The quantitative estimate of drug-likeness (QED) is 0.928. The van der Waals surface area contributed by atoms with Crippen LogP contribution in [0.25, 0.3) is 0 Å². The molecule has 0 radical (unpaired) electrons. The van der Waals surface area contributed by atoms with Gasteiger partial charge in [0.15, 0.2) is 0 Å². The molecule has 1 N–H and O–H groups in total. The topological polar surface area (TPSA) is 45.2 Å². The lowest BCUT2D eigenvalue weighted by Crippen LogP contribution is -2.46. The zero-order valence-corrected chi connectivity index (χ0v) is 13.2. The predicted molar refractivity (Wildman–Crippen MR) is 84.8 cm³/mol. The van der Waals surface area contributed by atoms with Gasteiger partial charge in [0.05, 0.1) is 10.6 Å². The van der Waals surface area contributed by atoms with E-state index in [1.807, 2.05) is 6.92 Å². The number of carbonyl (C=O) groups is 1. The zero-order chi connectivity index (χ0) is 14.8. The van der Waals surface area contributed by atoms with Crippen LogP contribution < -0.4 is 5.32 Å². The summed E-state index contributed by atoms with van der Waals surface area (Å²) in [6.07, 6.45) is 7.59. The third kappa shape index (κ3) is 2.86. The van der Waals surface area contributed by atoms with E-state index in [-0.39, 0.29) is 5.91 Å². The number of rotatable bonds is 3. The van der Waals surface area contributed by atoms with Gasteiger partial charge < -0.3 is 10.2 Å². The second-order valence-corrected chi connectivity index (χ2v) is 6.39. The molecule has 0 spiro atoms. The van der Waals surface area contributed by atoms with Crippen molar-refractivity contribution < 1.29 is 4.79 Å². The molecular weight excluding hydrogens is 286 g/mol. The van der Waals surface area contributed by atoms with E-state index < -0.39 is 0 Å². The van der Waals surface area contributed by atoms with Gasteiger partial charge in [-0.05, 0) is 44.6 Å². The molecule has 1 saturated carbocycles. The number of anilines is 1. The lowest BCUT2D eigenvalue weighted by Gasteiger charge is -2.38. The number of halogens is 1. The molecule has 1 amide bonds. The first-order valence-corrected chi connectivity index (χ1v) is 8.29. The van der Waals surface area contributed by atoms with Gasteiger partial charge in [0.1, 0.15) is 5.82 Å². The first-order valence-electron chi connectivity index (χ1n) is 7.91. The summed E-state index contributed by atoms with van der Waals surface area (Å²) in [4.78, 5) is 19.2. The predicted octanol–water partition coefficient (Wildman–Crippen LogP) is 3.57. The van der Waals surface area contributed by atoms with Gasteiger partial charge >= 0.3 is 0 Å². The van der Waals surface area contributed by atoms with Crippen LogP contribution in [0.15, 0.2) is 12.3 Å². The molecule has 0 aromatic carbocycles. The molecule has 21 heavy (non-hydrogen) atoms. The Morgan fingerprint density at radius 2 is 2.24 bits per heavy atom. The minimum absolute atomic E-state index is 0.0677. The molecule has 114 valence electrons. The third-order valence-electron chi connectivity index (χ3n) is 4.70. The number of likely N-dealkylation sites (tertiary alicyclic amines) is 1. The molecule has 3 rings (SSSR count). The fourth-order valence-electron chi connectivity index (χ4n) is 3.74. The van der Waals surface area contributed by atoms with E-state index in [1.165, 1.54) is 19.3 Å². The molecule has 1 aliphatic heterocycles. The summed E-state index contributed by atoms with van der Waals surface area (Å²) in [5, 5.41) is 3.58. The molecule has 1 aliphatic carbocycles. The van der Waals surface area contributed by atoms with Crippen LogP contribution in [0.2, 0.25) is 5.02 Å². The summed E-state index contributed by atoms with van der Waals surface area (Å²) in [7, 11) is 0. The minimum atomic E-state index is 0.0677. The van der Waals surface area contributed by atoms with E-state index in [0.717, 1.165) is 25.9 Å². The summed E-state index contributed by atoms with van der Waals surface area (Å²) in [5.74, 6) is 1.47. The Labute approximate surface area is 130 Å². The van der Waals surface area contributed by atoms with Crippen molar-refractivity contribution in [3.05, 3.63) is 22.8 Å². The number of carbonyl (C=O) groups excluding carboxylic acids is 1. The fourth-order valence-corrected chi connectivity index (χ4v) is 3.93.